The molecule has 2 nitrogen and oxygen atoms in total. The Bertz CT molecular complexity index is 580. The van der Waals surface area contributed by atoms with Crippen LogP contribution in [0.1, 0.15) is 29.2 Å². The summed E-state index contributed by atoms with van der Waals surface area (Å²) in [5, 5.41) is 4.20. The van der Waals surface area contributed by atoms with Gasteiger partial charge in [-0.1, -0.05) is 25.4 Å². The molecular formula is C17H22ClNOS. The lowest BCUT2D eigenvalue weighted by Gasteiger charge is -2.08. The number of rotatable bonds is 7. The van der Waals surface area contributed by atoms with E-state index in [1.807, 2.05) is 25.1 Å². The van der Waals surface area contributed by atoms with Crippen molar-refractivity contribution in [3.63, 3.8) is 0 Å². The molecule has 1 N–H and O–H groups in total. The largest absolute Gasteiger partial charge is 0.488 e. The molecule has 0 radical (unpaired) electrons. The molecule has 1 aromatic carbocycles. The summed E-state index contributed by atoms with van der Waals surface area (Å²) in [6.45, 7) is 9.04. The van der Waals surface area contributed by atoms with E-state index in [1.165, 1.54) is 9.75 Å². The lowest BCUT2D eigenvalue weighted by atomic mass is 10.2. The Kier molecular flexibility index (Phi) is 6.09. The first-order valence-electron chi connectivity index (χ1n) is 7.22. The summed E-state index contributed by atoms with van der Waals surface area (Å²) in [7, 11) is 0. The zero-order chi connectivity index (χ0) is 15.2. The number of nitrogens with one attached hydrogen (secondary N) is 1. The molecule has 0 bridgehead atoms. The van der Waals surface area contributed by atoms with E-state index < -0.39 is 0 Å². The van der Waals surface area contributed by atoms with Gasteiger partial charge in [0, 0.05) is 21.3 Å². The Morgan fingerprint density at radius 3 is 2.67 bits per heavy atom. The van der Waals surface area contributed by atoms with Crippen LogP contribution in [-0.4, -0.2) is 6.54 Å². The molecule has 2 aromatic rings. The van der Waals surface area contributed by atoms with Crippen LogP contribution in [-0.2, 0) is 13.2 Å². The highest BCUT2D eigenvalue weighted by molar-refractivity contribution is 7.11. The second-order valence-corrected chi connectivity index (χ2v) is 7.28. The van der Waals surface area contributed by atoms with E-state index in [1.54, 1.807) is 11.3 Å². The third kappa shape index (κ3) is 5.34. The molecule has 0 aliphatic rings. The summed E-state index contributed by atoms with van der Waals surface area (Å²) in [5.41, 5.74) is 1.07. The molecule has 114 valence electrons. The molecule has 0 aliphatic heterocycles. The summed E-state index contributed by atoms with van der Waals surface area (Å²) < 4.78 is 5.87. The van der Waals surface area contributed by atoms with E-state index in [9.17, 15) is 0 Å². The van der Waals surface area contributed by atoms with Crippen LogP contribution in [0.15, 0.2) is 30.3 Å². The predicted octanol–water partition coefficient (Wildman–Crippen LogP) is 5.03. The molecule has 0 amide bonds. The summed E-state index contributed by atoms with van der Waals surface area (Å²) in [6.07, 6.45) is 0. The first-order valence-corrected chi connectivity index (χ1v) is 8.41. The average Bonchev–Trinajstić information content (AvgIpc) is 2.85. The Morgan fingerprint density at radius 2 is 1.95 bits per heavy atom. The molecule has 4 heteroatoms. The van der Waals surface area contributed by atoms with Crippen LogP contribution in [0.3, 0.4) is 0 Å². The number of aryl methyl sites for hydroxylation is 1. The molecule has 0 aliphatic carbocycles. The second kappa shape index (κ2) is 7.83. The van der Waals surface area contributed by atoms with Crippen molar-refractivity contribution in [2.45, 2.75) is 33.9 Å². The smallest absolute Gasteiger partial charge is 0.122 e. The number of thiophene rings is 1. The van der Waals surface area contributed by atoms with E-state index in [-0.39, 0.29) is 0 Å². The van der Waals surface area contributed by atoms with Gasteiger partial charge in [-0.15, -0.1) is 11.3 Å². The van der Waals surface area contributed by atoms with Crippen molar-refractivity contribution in [1.29, 1.82) is 0 Å². The molecule has 0 saturated heterocycles. The SMILES string of the molecule is Cc1cc(Cl)ccc1OCc1ccc(CNCC(C)C)s1. The van der Waals surface area contributed by atoms with Crippen LogP contribution in [0.25, 0.3) is 0 Å². The molecular weight excluding hydrogens is 302 g/mol. The first kappa shape index (κ1) is 16.3. The van der Waals surface area contributed by atoms with Gasteiger partial charge < -0.3 is 10.1 Å². The highest BCUT2D eigenvalue weighted by Crippen LogP contribution is 2.24. The highest BCUT2D eigenvalue weighted by Gasteiger charge is 2.04. The van der Waals surface area contributed by atoms with E-state index in [2.05, 4.69) is 31.3 Å². The molecule has 21 heavy (non-hydrogen) atoms. The lowest BCUT2D eigenvalue weighted by molar-refractivity contribution is 0.307. The van der Waals surface area contributed by atoms with Gasteiger partial charge in [-0.3, -0.25) is 0 Å². The van der Waals surface area contributed by atoms with Crippen LogP contribution >= 0.6 is 22.9 Å². The molecule has 0 unspecified atom stereocenters. The maximum atomic E-state index is 5.95. The van der Waals surface area contributed by atoms with Gasteiger partial charge in [0.25, 0.3) is 0 Å². The van der Waals surface area contributed by atoms with Gasteiger partial charge in [-0.25, -0.2) is 0 Å². The monoisotopic (exact) mass is 323 g/mol. The second-order valence-electron chi connectivity index (χ2n) is 5.59. The van der Waals surface area contributed by atoms with Crippen molar-refractivity contribution < 1.29 is 4.74 Å². The molecule has 1 aromatic heterocycles. The van der Waals surface area contributed by atoms with Crippen molar-refractivity contribution in [3.8, 4) is 5.75 Å². The first-order chi connectivity index (χ1) is 10.0. The lowest BCUT2D eigenvalue weighted by Crippen LogP contribution is -2.18. The Hall–Kier alpha value is -1.03. The van der Waals surface area contributed by atoms with Gasteiger partial charge in [0.15, 0.2) is 0 Å². The van der Waals surface area contributed by atoms with Crippen LogP contribution in [0.2, 0.25) is 5.02 Å². The van der Waals surface area contributed by atoms with Gasteiger partial charge in [-0.05, 0) is 55.3 Å². The number of halogens is 1. The van der Waals surface area contributed by atoms with Crippen molar-refractivity contribution >= 4 is 22.9 Å². The van der Waals surface area contributed by atoms with Crippen molar-refractivity contribution in [3.05, 3.63) is 50.7 Å². The zero-order valence-corrected chi connectivity index (χ0v) is 14.4. The fourth-order valence-electron chi connectivity index (χ4n) is 2.00. The zero-order valence-electron chi connectivity index (χ0n) is 12.8. The summed E-state index contributed by atoms with van der Waals surface area (Å²) in [6, 6.07) is 10.0. The molecule has 1 heterocycles. The van der Waals surface area contributed by atoms with Crippen molar-refractivity contribution in [2.24, 2.45) is 5.92 Å². The number of hydrogen-bond donors (Lipinski definition) is 1. The van der Waals surface area contributed by atoms with Gasteiger partial charge in [0.1, 0.15) is 12.4 Å². The molecule has 0 saturated carbocycles. The quantitative estimate of drug-likeness (QED) is 0.771. The van der Waals surface area contributed by atoms with E-state index >= 15 is 0 Å². The minimum atomic E-state index is 0.608. The normalized spacial score (nSPS) is 11.1. The summed E-state index contributed by atoms with van der Waals surface area (Å²) in [5.74, 6) is 1.58. The standard InChI is InChI=1S/C17H22ClNOS/c1-12(2)9-19-10-15-5-6-16(21-15)11-20-17-7-4-14(18)8-13(17)3/h4-8,12,19H,9-11H2,1-3H3. The van der Waals surface area contributed by atoms with Crippen molar-refractivity contribution in [2.75, 3.05) is 6.54 Å². The van der Waals surface area contributed by atoms with Crippen LogP contribution in [0.4, 0.5) is 0 Å². The number of ether oxygens (including phenoxy) is 1. The van der Waals surface area contributed by atoms with Gasteiger partial charge in [0.05, 0.1) is 0 Å². The number of hydrogen-bond acceptors (Lipinski definition) is 3. The van der Waals surface area contributed by atoms with Gasteiger partial charge in [-0.2, -0.15) is 0 Å². The Morgan fingerprint density at radius 1 is 1.19 bits per heavy atom. The fraction of sp³-hybridized carbons (Fsp3) is 0.412. The Balaban J connectivity index is 1.85. The maximum absolute atomic E-state index is 5.95. The predicted molar refractivity (Wildman–Crippen MR) is 91.4 cm³/mol. The average molecular weight is 324 g/mol. The van der Waals surface area contributed by atoms with E-state index in [4.69, 9.17) is 16.3 Å². The van der Waals surface area contributed by atoms with Crippen LogP contribution in [0, 0.1) is 12.8 Å². The van der Waals surface area contributed by atoms with E-state index in [0.717, 1.165) is 29.4 Å². The topological polar surface area (TPSA) is 21.3 Å². The third-order valence-corrected chi connectivity index (χ3v) is 4.37. The fourth-order valence-corrected chi connectivity index (χ4v) is 3.13. The van der Waals surface area contributed by atoms with E-state index in [0.29, 0.717) is 12.5 Å². The van der Waals surface area contributed by atoms with Gasteiger partial charge in [0.2, 0.25) is 0 Å². The van der Waals surface area contributed by atoms with Crippen LogP contribution in [0.5, 0.6) is 5.75 Å². The Labute approximate surface area is 136 Å². The maximum Gasteiger partial charge on any atom is 0.122 e. The number of benzene rings is 1. The molecule has 2 rings (SSSR count). The third-order valence-electron chi connectivity index (χ3n) is 3.08. The van der Waals surface area contributed by atoms with Gasteiger partial charge >= 0.3 is 0 Å². The molecule has 0 atom stereocenters. The summed E-state index contributed by atoms with van der Waals surface area (Å²) >= 11 is 7.75. The summed E-state index contributed by atoms with van der Waals surface area (Å²) in [4.78, 5) is 2.59. The van der Waals surface area contributed by atoms with Crippen molar-refractivity contribution in [1.82, 2.24) is 5.32 Å². The molecule has 0 spiro atoms. The van der Waals surface area contributed by atoms with Crippen LogP contribution < -0.4 is 10.1 Å². The minimum Gasteiger partial charge on any atom is -0.488 e. The minimum absolute atomic E-state index is 0.608. The highest BCUT2D eigenvalue weighted by atomic mass is 35.5. The molecule has 0 fully saturated rings.